The van der Waals surface area contributed by atoms with E-state index in [4.69, 9.17) is 4.74 Å². The van der Waals surface area contributed by atoms with Crippen molar-refractivity contribution in [1.82, 2.24) is 10.2 Å². The second kappa shape index (κ2) is 5.63. The minimum atomic E-state index is 0.645. The summed E-state index contributed by atoms with van der Waals surface area (Å²) in [7, 11) is 0. The van der Waals surface area contributed by atoms with Crippen molar-refractivity contribution in [3.63, 3.8) is 0 Å². The molecule has 1 heterocycles. The van der Waals surface area contributed by atoms with Crippen LogP contribution in [0.15, 0.2) is 12.3 Å². The highest BCUT2D eigenvalue weighted by atomic mass is 16.5. The number of rotatable bonds is 6. The molecule has 1 N–H and O–H groups in total. The van der Waals surface area contributed by atoms with E-state index < -0.39 is 0 Å². The SMILES string of the molecule is CCCCC[CH]Oc1cc[nH]n1. The third kappa shape index (κ3) is 3.42. The van der Waals surface area contributed by atoms with E-state index in [2.05, 4.69) is 17.1 Å². The van der Waals surface area contributed by atoms with Crippen molar-refractivity contribution >= 4 is 0 Å². The van der Waals surface area contributed by atoms with Crippen LogP contribution in [0.5, 0.6) is 5.88 Å². The van der Waals surface area contributed by atoms with Crippen LogP contribution in [0.2, 0.25) is 0 Å². The minimum Gasteiger partial charge on any atom is -0.469 e. The number of nitrogens with zero attached hydrogens (tertiary/aromatic N) is 1. The molecule has 0 aliphatic carbocycles. The first-order valence-corrected chi connectivity index (χ1v) is 4.41. The summed E-state index contributed by atoms with van der Waals surface area (Å²) in [6, 6.07) is 1.80. The van der Waals surface area contributed by atoms with Crippen molar-refractivity contribution in [2.75, 3.05) is 0 Å². The maximum absolute atomic E-state index is 5.23. The van der Waals surface area contributed by atoms with E-state index in [0.29, 0.717) is 5.88 Å². The van der Waals surface area contributed by atoms with E-state index in [1.54, 1.807) is 12.3 Å². The molecule has 0 aliphatic rings. The smallest absolute Gasteiger partial charge is 0.232 e. The van der Waals surface area contributed by atoms with Gasteiger partial charge in [0, 0.05) is 12.3 Å². The largest absolute Gasteiger partial charge is 0.469 e. The van der Waals surface area contributed by atoms with Crippen LogP contribution in [-0.2, 0) is 0 Å². The summed E-state index contributed by atoms with van der Waals surface area (Å²) in [6.07, 6.45) is 6.45. The second-order valence-corrected chi connectivity index (χ2v) is 2.69. The van der Waals surface area contributed by atoms with E-state index in [9.17, 15) is 0 Å². The summed E-state index contributed by atoms with van der Waals surface area (Å²) in [5.74, 6) is 0.645. The molecule has 0 saturated heterocycles. The number of ether oxygens (including phenoxy) is 1. The molecule has 0 aromatic carbocycles. The van der Waals surface area contributed by atoms with Gasteiger partial charge in [-0.15, -0.1) is 5.10 Å². The van der Waals surface area contributed by atoms with Crippen LogP contribution in [0.3, 0.4) is 0 Å². The monoisotopic (exact) mass is 167 g/mol. The van der Waals surface area contributed by atoms with Gasteiger partial charge in [0.05, 0.1) is 0 Å². The van der Waals surface area contributed by atoms with Crippen LogP contribution in [0.4, 0.5) is 0 Å². The highest BCUT2D eigenvalue weighted by Gasteiger charge is 1.94. The fourth-order valence-electron chi connectivity index (χ4n) is 0.934. The van der Waals surface area contributed by atoms with Gasteiger partial charge in [-0.2, -0.15) is 0 Å². The van der Waals surface area contributed by atoms with E-state index in [0.717, 1.165) is 6.42 Å². The quantitative estimate of drug-likeness (QED) is 0.661. The van der Waals surface area contributed by atoms with E-state index in [1.165, 1.54) is 19.3 Å². The van der Waals surface area contributed by atoms with Gasteiger partial charge < -0.3 is 4.74 Å². The number of nitrogens with one attached hydrogen (secondary N) is 1. The van der Waals surface area contributed by atoms with Crippen LogP contribution in [0.25, 0.3) is 0 Å². The molecule has 0 unspecified atom stereocenters. The van der Waals surface area contributed by atoms with Crippen molar-refractivity contribution < 1.29 is 4.74 Å². The molecule has 0 fully saturated rings. The van der Waals surface area contributed by atoms with Crippen molar-refractivity contribution in [1.29, 1.82) is 0 Å². The number of unbranched alkanes of at least 4 members (excludes halogenated alkanes) is 3. The first kappa shape index (κ1) is 9.10. The molecule has 12 heavy (non-hydrogen) atoms. The number of H-pyrrole nitrogens is 1. The Morgan fingerprint density at radius 2 is 2.50 bits per heavy atom. The average molecular weight is 167 g/mol. The van der Waals surface area contributed by atoms with Crippen molar-refractivity contribution in [3.05, 3.63) is 18.9 Å². The molecule has 0 spiro atoms. The van der Waals surface area contributed by atoms with E-state index in [-0.39, 0.29) is 0 Å². The summed E-state index contributed by atoms with van der Waals surface area (Å²) in [6.45, 7) is 4.00. The average Bonchev–Trinajstić information content (AvgIpc) is 2.57. The minimum absolute atomic E-state index is 0.645. The summed E-state index contributed by atoms with van der Waals surface area (Å²) in [5.41, 5.74) is 0. The molecule has 1 radical (unpaired) electrons. The lowest BCUT2D eigenvalue weighted by Gasteiger charge is -1.99. The Bertz CT molecular complexity index is 184. The van der Waals surface area contributed by atoms with Gasteiger partial charge in [0.1, 0.15) is 6.61 Å². The molecule has 0 bridgehead atoms. The van der Waals surface area contributed by atoms with Crippen molar-refractivity contribution in [3.8, 4) is 5.88 Å². The molecule has 1 aromatic rings. The normalized spacial score (nSPS) is 10.1. The van der Waals surface area contributed by atoms with Gasteiger partial charge in [0.25, 0.3) is 0 Å². The van der Waals surface area contributed by atoms with Gasteiger partial charge in [0.2, 0.25) is 5.88 Å². The third-order valence-corrected chi connectivity index (χ3v) is 1.60. The molecule has 0 amide bonds. The molecular formula is C9H15N2O. The fourth-order valence-corrected chi connectivity index (χ4v) is 0.934. The Balaban J connectivity index is 1.96. The van der Waals surface area contributed by atoms with Crippen LogP contribution in [-0.4, -0.2) is 10.2 Å². The zero-order valence-corrected chi connectivity index (χ0v) is 7.42. The lowest BCUT2D eigenvalue weighted by atomic mass is 10.2. The molecule has 3 heteroatoms. The second-order valence-electron chi connectivity index (χ2n) is 2.69. The fraction of sp³-hybridized carbons (Fsp3) is 0.556. The summed E-state index contributed by atoms with van der Waals surface area (Å²) in [4.78, 5) is 0. The van der Waals surface area contributed by atoms with Gasteiger partial charge in [-0.3, -0.25) is 5.10 Å². The van der Waals surface area contributed by atoms with E-state index >= 15 is 0 Å². The first-order valence-electron chi connectivity index (χ1n) is 4.41. The Labute approximate surface area is 73.1 Å². The number of hydrogen-bond acceptors (Lipinski definition) is 2. The maximum Gasteiger partial charge on any atom is 0.232 e. The molecule has 0 saturated carbocycles. The predicted molar refractivity (Wildman–Crippen MR) is 47.7 cm³/mol. The predicted octanol–water partition coefficient (Wildman–Crippen LogP) is 2.53. The lowest BCUT2D eigenvalue weighted by molar-refractivity contribution is 0.370. The molecule has 0 aliphatic heterocycles. The van der Waals surface area contributed by atoms with Crippen LogP contribution in [0.1, 0.15) is 32.6 Å². The molecular weight excluding hydrogens is 152 g/mol. The van der Waals surface area contributed by atoms with Gasteiger partial charge >= 0.3 is 0 Å². The first-order chi connectivity index (χ1) is 5.93. The number of aromatic amines is 1. The molecule has 3 nitrogen and oxygen atoms in total. The summed E-state index contributed by atoms with van der Waals surface area (Å²) < 4.78 is 5.23. The molecule has 67 valence electrons. The molecule has 1 aromatic heterocycles. The highest BCUT2D eigenvalue weighted by molar-refractivity contribution is 5.04. The standard InChI is InChI=1S/C9H15N2O/c1-2-3-4-5-8-12-9-6-7-10-11-9/h6-8H,2-5H2,1H3,(H,10,11). The Hall–Kier alpha value is -0.990. The summed E-state index contributed by atoms with van der Waals surface area (Å²) in [5, 5.41) is 6.54. The maximum atomic E-state index is 5.23. The van der Waals surface area contributed by atoms with Gasteiger partial charge in [-0.25, -0.2) is 0 Å². The van der Waals surface area contributed by atoms with Crippen LogP contribution >= 0.6 is 0 Å². The third-order valence-electron chi connectivity index (χ3n) is 1.60. The Morgan fingerprint density at radius 3 is 3.17 bits per heavy atom. The van der Waals surface area contributed by atoms with Crippen molar-refractivity contribution in [2.24, 2.45) is 0 Å². The van der Waals surface area contributed by atoms with Gasteiger partial charge in [0.15, 0.2) is 0 Å². The van der Waals surface area contributed by atoms with Crippen molar-refractivity contribution in [2.45, 2.75) is 32.6 Å². The lowest BCUT2D eigenvalue weighted by Crippen LogP contribution is -1.90. The molecule has 0 atom stereocenters. The summed E-state index contributed by atoms with van der Waals surface area (Å²) >= 11 is 0. The van der Waals surface area contributed by atoms with Gasteiger partial charge in [-0.05, 0) is 12.8 Å². The Morgan fingerprint density at radius 1 is 1.58 bits per heavy atom. The van der Waals surface area contributed by atoms with Gasteiger partial charge in [-0.1, -0.05) is 19.8 Å². The van der Waals surface area contributed by atoms with E-state index in [1.807, 2.05) is 6.61 Å². The van der Waals surface area contributed by atoms with Crippen LogP contribution in [0, 0.1) is 6.61 Å². The highest BCUT2D eigenvalue weighted by Crippen LogP contribution is 2.07. The topological polar surface area (TPSA) is 37.9 Å². The zero-order valence-electron chi connectivity index (χ0n) is 7.42. The molecule has 1 rings (SSSR count). The zero-order chi connectivity index (χ0) is 8.65. The van der Waals surface area contributed by atoms with Crippen LogP contribution < -0.4 is 4.74 Å². The number of hydrogen-bond donors (Lipinski definition) is 1. The number of aromatic nitrogens is 2. The Kier molecular flexibility index (Phi) is 4.27.